The number of hydrogen-bond donors (Lipinski definition) is 0. The van der Waals surface area contributed by atoms with Crippen LogP contribution in [0.5, 0.6) is 11.5 Å². The number of ether oxygens (including phenoxy) is 2. The number of hydrogen-bond acceptors (Lipinski definition) is 3. The first-order chi connectivity index (χ1) is 11.0. The topological polar surface area (TPSA) is 35.5 Å². The van der Waals surface area contributed by atoms with Gasteiger partial charge in [-0.2, -0.15) is 0 Å². The second kappa shape index (κ2) is 8.11. The van der Waals surface area contributed by atoms with Crippen LogP contribution in [0.25, 0.3) is 0 Å². The molecule has 0 aromatic heterocycles. The zero-order valence-corrected chi connectivity index (χ0v) is 14.7. The summed E-state index contributed by atoms with van der Waals surface area (Å²) in [6, 6.07) is 10.1. The minimum Gasteiger partial charge on any atom is -0.487 e. The second-order valence-corrected chi connectivity index (χ2v) is 5.81. The van der Waals surface area contributed by atoms with Crippen molar-refractivity contribution in [1.82, 2.24) is 0 Å². The van der Waals surface area contributed by atoms with Crippen LogP contribution in [0.2, 0.25) is 0 Å². The van der Waals surface area contributed by atoms with Crippen LogP contribution in [-0.2, 0) is 17.8 Å². The van der Waals surface area contributed by atoms with Crippen molar-refractivity contribution in [2.45, 2.75) is 33.3 Å². The molecule has 2 rings (SSSR count). The molecule has 0 aliphatic heterocycles. The molecule has 0 fully saturated rings. The van der Waals surface area contributed by atoms with Gasteiger partial charge in [0.25, 0.3) is 0 Å². The third-order valence-corrected chi connectivity index (χ3v) is 3.98. The van der Waals surface area contributed by atoms with E-state index in [0.717, 1.165) is 10.9 Å². The van der Waals surface area contributed by atoms with E-state index in [9.17, 15) is 9.18 Å². The summed E-state index contributed by atoms with van der Waals surface area (Å²) < 4.78 is 25.7. The summed E-state index contributed by atoms with van der Waals surface area (Å²) >= 11 is 3.45. The first-order valence-electron chi connectivity index (χ1n) is 7.44. The van der Waals surface area contributed by atoms with E-state index in [4.69, 9.17) is 9.47 Å². The van der Waals surface area contributed by atoms with E-state index >= 15 is 0 Å². The summed E-state index contributed by atoms with van der Waals surface area (Å²) in [4.78, 5) is 11.5. The summed E-state index contributed by atoms with van der Waals surface area (Å²) in [5, 5.41) is 0. The molecule has 23 heavy (non-hydrogen) atoms. The lowest BCUT2D eigenvalue weighted by Gasteiger charge is -2.13. The number of benzene rings is 2. The Morgan fingerprint density at radius 1 is 1.17 bits per heavy atom. The Morgan fingerprint density at radius 2 is 1.96 bits per heavy atom. The van der Waals surface area contributed by atoms with Crippen LogP contribution in [0.3, 0.4) is 0 Å². The Morgan fingerprint density at radius 3 is 2.61 bits per heavy atom. The van der Waals surface area contributed by atoms with Crippen molar-refractivity contribution in [1.29, 1.82) is 0 Å². The highest BCUT2D eigenvalue weighted by Gasteiger charge is 2.14. The van der Waals surface area contributed by atoms with Gasteiger partial charge in [-0.05, 0) is 52.2 Å². The quantitative estimate of drug-likeness (QED) is 0.519. The van der Waals surface area contributed by atoms with Crippen molar-refractivity contribution in [2.75, 3.05) is 0 Å². The molecule has 2 aromatic carbocycles. The van der Waals surface area contributed by atoms with E-state index < -0.39 is 11.8 Å². The van der Waals surface area contributed by atoms with Crippen molar-refractivity contribution in [3.8, 4) is 11.5 Å². The highest BCUT2D eigenvalue weighted by atomic mass is 79.9. The fourth-order valence-corrected chi connectivity index (χ4v) is 2.54. The van der Waals surface area contributed by atoms with Gasteiger partial charge in [-0.3, -0.25) is 4.79 Å². The smallest absolute Gasteiger partial charge is 0.310 e. The Balaban J connectivity index is 2.18. The third-order valence-electron chi connectivity index (χ3n) is 3.36. The van der Waals surface area contributed by atoms with E-state index in [1.165, 1.54) is 17.7 Å². The number of aryl methyl sites for hydroxylation is 1. The SMILES string of the molecule is CCC(=O)Oc1cccc(F)c1COc1ccc(CC)cc1Br. The van der Waals surface area contributed by atoms with Crippen LogP contribution in [0, 0.1) is 5.82 Å². The fourth-order valence-electron chi connectivity index (χ4n) is 2.00. The molecule has 0 aliphatic carbocycles. The van der Waals surface area contributed by atoms with Gasteiger partial charge in [-0.25, -0.2) is 4.39 Å². The average molecular weight is 381 g/mol. The molecular formula is C18H18BrFO3. The van der Waals surface area contributed by atoms with Crippen molar-refractivity contribution < 1.29 is 18.7 Å². The van der Waals surface area contributed by atoms with Gasteiger partial charge in [0.15, 0.2) is 0 Å². The zero-order valence-electron chi connectivity index (χ0n) is 13.1. The molecule has 0 N–H and O–H groups in total. The van der Waals surface area contributed by atoms with E-state index in [1.54, 1.807) is 13.0 Å². The van der Waals surface area contributed by atoms with Gasteiger partial charge < -0.3 is 9.47 Å². The van der Waals surface area contributed by atoms with Crippen molar-refractivity contribution in [3.05, 3.63) is 57.8 Å². The summed E-state index contributed by atoms with van der Waals surface area (Å²) in [6.45, 7) is 3.73. The van der Waals surface area contributed by atoms with Crippen LogP contribution in [0.1, 0.15) is 31.4 Å². The summed E-state index contributed by atoms with van der Waals surface area (Å²) in [5.74, 6) is -0.0746. The molecule has 2 aromatic rings. The molecule has 0 saturated heterocycles. The summed E-state index contributed by atoms with van der Waals surface area (Å²) in [7, 11) is 0. The molecule has 122 valence electrons. The molecule has 3 nitrogen and oxygen atoms in total. The van der Waals surface area contributed by atoms with Crippen LogP contribution >= 0.6 is 15.9 Å². The van der Waals surface area contributed by atoms with E-state index in [1.807, 2.05) is 18.2 Å². The predicted molar refractivity (Wildman–Crippen MR) is 90.2 cm³/mol. The minimum absolute atomic E-state index is 0.0247. The highest BCUT2D eigenvalue weighted by Crippen LogP contribution is 2.29. The molecule has 0 amide bonds. The lowest BCUT2D eigenvalue weighted by Crippen LogP contribution is -2.10. The van der Waals surface area contributed by atoms with Crippen molar-refractivity contribution in [3.63, 3.8) is 0 Å². The zero-order chi connectivity index (χ0) is 16.8. The molecule has 0 spiro atoms. The number of esters is 1. The molecule has 0 heterocycles. The minimum atomic E-state index is -0.465. The van der Waals surface area contributed by atoms with E-state index in [0.29, 0.717) is 5.75 Å². The van der Waals surface area contributed by atoms with Crippen molar-refractivity contribution in [2.24, 2.45) is 0 Å². The monoisotopic (exact) mass is 380 g/mol. The number of halogens is 2. The lowest BCUT2D eigenvalue weighted by molar-refractivity contribution is -0.134. The maximum atomic E-state index is 14.0. The van der Waals surface area contributed by atoms with Gasteiger partial charge in [-0.15, -0.1) is 0 Å². The molecular weight excluding hydrogens is 363 g/mol. The average Bonchev–Trinajstić information content (AvgIpc) is 2.55. The Bertz CT molecular complexity index is 701. The molecule has 0 bridgehead atoms. The Labute approximate surface area is 143 Å². The fraction of sp³-hybridized carbons (Fsp3) is 0.278. The molecule has 0 aliphatic rings. The Hall–Kier alpha value is -1.88. The number of carbonyl (C=O) groups excluding carboxylic acids is 1. The Kier molecular flexibility index (Phi) is 6.16. The first kappa shape index (κ1) is 17.5. The second-order valence-electron chi connectivity index (χ2n) is 4.95. The van der Waals surface area contributed by atoms with Gasteiger partial charge >= 0.3 is 5.97 Å². The van der Waals surface area contributed by atoms with Crippen LogP contribution in [0.4, 0.5) is 4.39 Å². The number of carbonyl (C=O) groups is 1. The molecule has 0 radical (unpaired) electrons. The van der Waals surface area contributed by atoms with Crippen LogP contribution < -0.4 is 9.47 Å². The normalized spacial score (nSPS) is 10.4. The standard InChI is InChI=1S/C18H18BrFO3/c1-3-12-8-9-17(14(19)10-12)22-11-13-15(20)6-5-7-16(13)23-18(21)4-2/h5-10H,3-4,11H2,1-2H3. The first-order valence-corrected chi connectivity index (χ1v) is 8.23. The molecule has 0 unspecified atom stereocenters. The van der Waals surface area contributed by atoms with E-state index in [2.05, 4.69) is 22.9 Å². The molecule has 0 atom stereocenters. The van der Waals surface area contributed by atoms with Gasteiger partial charge in [0.2, 0.25) is 0 Å². The predicted octanol–water partition coefficient (Wildman–Crippen LogP) is 5.05. The van der Waals surface area contributed by atoms with Crippen LogP contribution in [0.15, 0.2) is 40.9 Å². The maximum absolute atomic E-state index is 14.0. The van der Waals surface area contributed by atoms with Gasteiger partial charge in [0.05, 0.1) is 10.0 Å². The summed E-state index contributed by atoms with van der Waals surface area (Å²) in [5.41, 5.74) is 1.40. The third kappa shape index (κ3) is 4.55. The van der Waals surface area contributed by atoms with Crippen molar-refractivity contribution >= 4 is 21.9 Å². The van der Waals surface area contributed by atoms with Gasteiger partial charge in [-0.1, -0.05) is 26.0 Å². The van der Waals surface area contributed by atoms with E-state index in [-0.39, 0.29) is 24.3 Å². The summed E-state index contributed by atoms with van der Waals surface area (Å²) in [6.07, 6.45) is 1.14. The van der Waals surface area contributed by atoms with Gasteiger partial charge in [0.1, 0.15) is 23.9 Å². The molecule has 0 saturated carbocycles. The largest absolute Gasteiger partial charge is 0.487 e. The van der Waals surface area contributed by atoms with Crippen LogP contribution in [-0.4, -0.2) is 5.97 Å². The highest BCUT2D eigenvalue weighted by molar-refractivity contribution is 9.10. The molecule has 5 heteroatoms. The lowest BCUT2D eigenvalue weighted by atomic mass is 10.1. The maximum Gasteiger partial charge on any atom is 0.310 e. The van der Waals surface area contributed by atoms with Gasteiger partial charge in [0, 0.05) is 6.42 Å². The number of rotatable bonds is 6.